The van der Waals surface area contributed by atoms with Crippen LogP contribution in [0, 0.1) is 0 Å². The summed E-state index contributed by atoms with van der Waals surface area (Å²) >= 11 is 0. The van der Waals surface area contributed by atoms with Crippen LogP contribution in [0.3, 0.4) is 0 Å². The van der Waals surface area contributed by atoms with Gasteiger partial charge in [0.05, 0.1) is 0 Å². The van der Waals surface area contributed by atoms with Crippen molar-refractivity contribution in [1.29, 1.82) is 0 Å². The fourth-order valence-electron chi connectivity index (χ4n) is 0.811. The molecule has 0 aromatic heterocycles. The van der Waals surface area contributed by atoms with Gasteiger partial charge in [0.2, 0.25) is 0 Å². The monoisotopic (exact) mass is 288 g/mol. The summed E-state index contributed by atoms with van der Waals surface area (Å²) in [6.45, 7) is 0.740. The predicted molar refractivity (Wildman–Crippen MR) is 68.4 cm³/mol. The molecule has 6 heteroatoms. The largest absolute Gasteiger partial charge is 0.564 e. The molecule has 0 aliphatic heterocycles. The van der Waals surface area contributed by atoms with Gasteiger partial charge in [0.15, 0.2) is 0 Å². The van der Waals surface area contributed by atoms with E-state index < -0.39 is 9.39 Å². The van der Waals surface area contributed by atoms with Crippen molar-refractivity contribution >= 4 is 49.6 Å². The van der Waals surface area contributed by atoms with E-state index in [0.29, 0.717) is 0 Å². The lowest BCUT2D eigenvalue weighted by molar-refractivity contribution is 0.969. The number of hydrogen-bond donors (Lipinski definition) is 1. The average molecular weight is 290 g/mol. The standard InChI is InChI=1S/C8H11N.Al.4ClH/c9-7-6-8-4-2-1-3-5-8;;;;;/h1-5H,6-7,9H2;;4*1H/q;+3;;;;/p-4. The van der Waals surface area contributed by atoms with Gasteiger partial charge in [0, 0.05) is 0 Å². The Labute approximate surface area is 104 Å². The lowest BCUT2D eigenvalue weighted by atomic mass is 10.2. The van der Waals surface area contributed by atoms with Gasteiger partial charge >= 0.3 is 9.39 Å². The molecule has 0 saturated carbocycles. The minimum absolute atomic E-state index is 0.740. The van der Waals surface area contributed by atoms with Crippen LogP contribution >= 0.6 is 40.2 Å². The second kappa shape index (κ2) is 8.07. The summed E-state index contributed by atoms with van der Waals surface area (Å²) in [5, 5.41) is 0. The smallest absolute Gasteiger partial charge is 0.391 e. The van der Waals surface area contributed by atoms with Crippen molar-refractivity contribution in [3.05, 3.63) is 35.9 Å². The van der Waals surface area contributed by atoms with Crippen LogP contribution in [0.4, 0.5) is 0 Å². The molecular weight excluding hydrogens is 279 g/mol. The molecule has 1 rings (SSSR count). The summed E-state index contributed by atoms with van der Waals surface area (Å²) in [6.07, 6.45) is 0.987. The molecule has 0 aliphatic carbocycles. The van der Waals surface area contributed by atoms with Crippen molar-refractivity contribution in [3.63, 3.8) is 0 Å². The van der Waals surface area contributed by atoms with E-state index in [-0.39, 0.29) is 0 Å². The van der Waals surface area contributed by atoms with Gasteiger partial charge in [-0.25, -0.2) is 0 Å². The van der Waals surface area contributed by atoms with Gasteiger partial charge in [-0.1, -0.05) is 30.3 Å². The SMILES string of the molecule is NCCc1ccccc1.[Cl][Al-]([Cl])([Cl])[Cl]. The summed E-state index contributed by atoms with van der Waals surface area (Å²) in [6, 6.07) is 10.3. The van der Waals surface area contributed by atoms with Gasteiger partial charge in [-0.2, -0.15) is 0 Å². The van der Waals surface area contributed by atoms with Crippen LogP contribution in [-0.4, -0.2) is 15.9 Å². The molecular formula is C8H11AlCl4N-. The molecule has 0 bridgehead atoms. The Morgan fingerprint density at radius 2 is 1.43 bits per heavy atom. The third-order valence-electron chi connectivity index (χ3n) is 1.28. The zero-order chi connectivity index (χ0) is 11.0. The quantitative estimate of drug-likeness (QED) is 0.828. The molecule has 0 radical (unpaired) electrons. The van der Waals surface area contributed by atoms with Crippen LogP contribution in [0.15, 0.2) is 30.3 Å². The van der Waals surface area contributed by atoms with Gasteiger partial charge in [-0.05, 0) is 18.5 Å². The van der Waals surface area contributed by atoms with Crippen molar-refractivity contribution in [2.75, 3.05) is 6.54 Å². The first kappa shape index (κ1) is 14.9. The molecule has 14 heavy (non-hydrogen) atoms. The van der Waals surface area contributed by atoms with E-state index in [0.717, 1.165) is 13.0 Å². The minimum Gasteiger partial charge on any atom is -0.391 e. The Balaban J connectivity index is 0.000000292. The molecule has 0 atom stereocenters. The number of hydrogen-bond acceptors (Lipinski definition) is 1. The van der Waals surface area contributed by atoms with Gasteiger partial charge in [-0.15, -0.1) is 0 Å². The van der Waals surface area contributed by atoms with Gasteiger partial charge < -0.3 is 45.9 Å². The van der Waals surface area contributed by atoms with Crippen molar-refractivity contribution in [3.8, 4) is 0 Å². The third kappa shape index (κ3) is 12.9. The molecule has 0 heterocycles. The fourth-order valence-corrected chi connectivity index (χ4v) is 0.811. The Morgan fingerprint density at radius 1 is 1.00 bits per heavy atom. The van der Waals surface area contributed by atoms with Crippen LogP contribution < -0.4 is 5.73 Å². The Bertz CT molecular complexity index is 231. The fraction of sp³-hybridized carbons (Fsp3) is 0.250. The first-order valence-electron chi connectivity index (χ1n) is 4.05. The van der Waals surface area contributed by atoms with E-state index in [4.69, 9.17) is 45.9 Å². The van der Waals surface area contributed by atoms with E-state index in [1.54, 1.807) is 0 Å². The van der Waals surface area contributed by atoms with Crippen molar-refractivity contribution < 1.29 is 0 Å². The third-order valence-corrected chi connectivity index (χ3v) is 1.28. The number of benzene rings is 1. The highest BCUT2D eigenvalue weighted by Crippen LogP contribution is 2.23. The van der Waals surface area contributed by atoms with Crippen molar-refractivity contribution in [2.24, 2.45) is 5.73 Å². The van der Waals surface area contributed by atoms with Gasteiger partial charge in [-0.3, -0.25) is 0 Å². The zero-order valence-electron chi connectivity index (χ0n) is 7.47. The number of rotatable bonds is 2. The maximum absolute atomic E-state index is 5.36. The maximum atomic E-state index is 5.36. The molecule has 0 fully saturated rings. The van der Waals surface area contributed by atoms with E-state index in [1.807, 2.05) is 18.2 Å². The topological polar surface area (TPSA) is 26.0 Å². The summed E-state index contributed by atoms with van der Waals surface area (Å²) < 4.78 is 0. The highest BCUT2D eigenvalue weighted by Gasteiger charge is 2.14. The van der Waals surface area contributed by atoms with Crippen LogP contribution in [0.1, 0.15) is 5.56 Å². The normalized spacial score (nSPS) is 10.4. The van der Waals surface area contributed by atoms with E-state index in [9.17, 15) is 0 Å². The van der Waals surface area contributed by atoms with E-state index in [2.05, 4.69) is 12.1 Å². The van der Waals surface area contributed by atoms with Crippen LogP contribution in [0.5, 0.6) is 0 Å². The first-order chi connectivity index (χ1) is 6.43. The molecule has 0 aliphatic rings. The summed E-state index contributed by atoms with van der Waals surface area (Å²) in [5.41, 5.74) is 6.68. The molecule has 0 spiro atoms. The molecule has 0 amide bonds. The zero-order valence-corrected chi connectivity index (χ0v) is 11.6. The molecule has 1 aromatic carbocycles. The maximum Gasteiger partial charge on any atom is 0.564 e. The Hall–Kier alpha value is 0.872. The van der Waals surface area contributed by atoms with Gasteiger partial charge in [0.1, 0.15) is 0 Å². The predicted octanol–water partition coefficient (Wildman–Crippen LogP) is 3.57. The second-order valence-corrected chi connectivity index (χ2v) is 15.4. The van der Waals surface area contributed by atoms with E-state index in [1.165, 1.54) is 5.56 Å². The Morgan fingerprint density at radius 3 is 1.79 bits per heavy atom. The summed E-state index contributed by atoms with van der Waals surface area (Å²) in [5.74, 6) is 0. The first-order valence-corrected chi connectivity index (χ1v) is 11.0. The van der Waals surface area contributed by atoms with Crippen LogP contribution in [-0.2, 0) is 6.42 Å². The molecule has 80 valence electrons. The lowest BCUT2D eigenvalue weighted by Gasteiger charge is -1.97. The van der Waals surface area contributed by atoms with E-state index >= 15 is 0 Å². The molecule has 2 N–H and O–H groups in total. The average Bonchev–Trinajstić information content (AvgIpc) is 2.03. The molecule has 0 unspecified atom stereocenters. The Kier molecular flexibility index (Phi) is 8.58. The number of halogens is 4. The highest BCUT2D eigenvalue weighted by atomic mass is 35.9. The second-order valence-electron chi connectivity index (χ2n) is 2.52. The minimum atomic E-state index is -2.94. The summed E-state index contributed by atoms with van der Waals surface area (Å²) in [4.78, 5) is 0. The van der Waals surface area contributed by atoms with Crippen LogP contribution in [0.25, 0.3) is 0 Å². The van der Waals surface area contributed by atoms with Crippen LogP contribution in [0.2, 0.25) is 0 Å². The van der Waals surface area contributed by atoms with Crippen molar-refractivity contribution in [2.45, 2.75) is 6.42 Å². The highest BCUT2D eigenvalue weighted by molar-refractivity contribution is 7.81. The number of nitrogens with two attached hydrogens (primary N) is 1. The molecule has 0 saturated heterocycles. The molecule has 1 aromatic rings. The van der Waals surface area contributed by atoms with Crippen molar-refractivity contribution in [1.82, 2.24) is 0 Å². The lowest BCUT2D eigenvalue weighted by Crippen LogP contribution is -2.01. The summed E-state index contributed by atoms with van der Waals surface area (Å²) in [7, 11) is 17.0. The van der Waals surface area contributed by atoms with Gasteiger partial charge in [0.25, 0.3) is 0 Å². The molecule has 1 nitrogen and oxygen atoms in total.